The molecule has 0 saturated carbocycles. The van der Waals surface area contributed by atoms with Crippen LogP contribution in [0.4, 0.5) is 0 Å². The second-order valence-corrected chi connectivity index (χ2v) is 8.39. The number of methoxy groups -OCH3 is 1. The molecule has 2 heterocycles. The molecule has 0 spiro atoms. The van der Waals surface area contributed by atoms with Crippen LogP contribution in [0, 0.1) is 5.92 Å². The van der Waals surface area contributed by atoms with E-state index >= 15 is 0 Å². The molecule has 0 radical (unpaired) electrons. The number of phenolic OH excluding ortho intramolecular Hbond substituents is 1. The number of benzene rings is 1. The Labute approximate surface area is 183 Å². The maximum absolute atomic E-state index is 11.7. The minimum Gasteiger partial charge on any atom is -0.504 e. The molecule has 3 rings (SSSR count). The molecule has 2 N–H and O–H groups in total. The van der Waals surface area contributed by atoms with Crippen LogP contribution in [-0.4, -0.2) is 57.4 Å². The molecule has 1 unspecified atom stereocenters. The third-order valence-electron chi connectivity index (χ3n) is 5.42. The number of phenols is 1. The van der Waals surface area contributed by atoms with E-state index in [9.17, 15) is 9.90 Å². The molecule has 1 atom stereocenters. The summed E-state index contributed by atoms with van der Waals surface area (Å²) in [7, 11) is 1.55. The molecule has 8 heteroatoms. The first kappa shape index (κ1) is 22.8. The minimum atomic E-state index is -0.116. The number of amides is 1. The number of aromatic hydroxyl groups is 1. The first-order valence-corrected chi connectivity index (χ1v) is 10.8. The quantitative estimate of drug-likeness (QED) is 0.673. The third kappa shape index (κ3) is 6.07. The number of hydrogen-bond donors (Lipinski definition) is 2. The van der Waals surface area contributed by atoms with E-state index in [-0.39, 0.29) is 17.7 Å². The molecule has 31 heavy (non-hydrogen) atoms. The Balaban J connectivity index is 1.64. The predicted molar refractivity (Wildman–Crippen MR) is 120 cm³/mol. The Bertz CT molecular complexity index is 922. The highest BCUT2D eigenvalue weighted by atomic mass is 16.5. The predicted octanol–water partition coefficient (Wildman–Crippen LogP) is 2.79. The fourth-order valence-corrected chi connectivity index (χ4v) is 3.91. The summed E-state index contributed by atoms with van der Waals surface area (Å²) in [5.74, 6) is 2.83. The average molecular weight is 428 g/mol. The molecular formula is C23H33N5O3. The van der Waals surface area contributed by atoms with E-state index in [1.54, 1.807) is 20.1 Å². The summed E-state index contributed by atoms with van der Waals surface area (Å²) in [6.07, 6.45) is 5.81. The zero-order valence-electron chi connectivity index (χ0n) is 18.8. The van der Waals surface area contributed by atoms with E-state index in [0.717, 1.165) is 56.2 Å². The van der Waals surface area contributed by atoms with Gasteiger partial charge in [-0.05, 0) is 30.0 Å². The van der Waals surface area contributed by atoms with Crippen molar-refractivity contribution in [3.05, 3.63) is 41.5 Å². The van der Waals surface area contributed by atoms with Gasteiger partial charge in [0.15, 0.2) is 17.3 Å². The monoisotopic (exact) mass is 427 g/mol. The lowest BCUT2D eigenvalue weighted by Gasteiger charge is -2.21. The Morgan fingerprint density at radius 2 is 2.10 bits per heavy atom. The molecule has 2 aromatic rings. The van der Waals surface area contributed by atoms with Crippen LogP contribution < -0.4 is 10.1 Å². The largest absolute Gasteiger partial charge is 0.504 e. The topological polar surface area (TPSA) is 92.5 Å². The molecule has 1 aliphatic rings. The molecule has 0 bridgehead atoms. The number of carbonyl (C=O) groups excluding carboxylic acids is 1. The van der Waals surface area contributed by atoms with Gasteiger partial charge in [0, 0.05) is 39.5 Å². The van der Waals surface area contributed by atoms with Crippen LogP contribution in [-0.2, 0) is 17.8 Å². The van der Waals surface area contributed by atoms with Gasteiger partial charge >= 0.3 is 0 Å². The van der Waals surface area contributed by atoms with E-state index in [4.69, 9.17) is 4.74 Å². The van der Waals surface area contributed by atoms with Crippen molar-refractivity contribution in [3.8, 4) is 11.5 Å². The highest BCUT2D eigenvalue weighted by Gasteiger charge is 2.25. The molecule has 1 aromatic carbocycles. The van der Waals surface area contributed by atoms with Gasteiger partial charge in [-0.15, -0.1) is 10.2 Å². The van der Waals surface area contributed by atoms with Gasteiger partial charge in [-0.1, -0.05) is 32.1 Å². The van der Waals surface area contributed by atoms with Crippen molar-refractivity contribution < 1.29 is 14.6 Å². The second-order valence-electron chi connectivity index (χ2n) is 8.39. The molecule has 1 amide bonds. The Hall–Kier alpha value is -2.87. The number of hydrogen-bond acceptors (Lipinski definition) is 6. The molecule has 1 aliphatic heterocycles. The molecule has 0 saturated heterocycles. The normalized spacial score (nSPS) is 15.6. The number of aromatic nitrogens is 3. The fraction of sp³-hybridized carbons (Fsp3) is 0.522. The molecular weight excluding hydrogens is 394 g/mol. The van der Waals surface area contributed by atoms with Gasteiger partial charge in [0.05, 0.1) is 13.2 Å². The Morgan fingerprint density at radius 3 is 2.81 bits per heavy atom. The maximum Gasteiger partial charge on any atom is 0.217 e. The van der Waals surface area contributed by atoms with E-state index < -0.39 is 0 Å². The minimum absolute atomic E-state index is 0.0470. The first-order chi connectivity index (χ1) is 14.9. The van der Waals surface area contributed by atoms with Crippen molar-refractivity contribution >= 4 is 12.0 Å². The summed E-state index contributed by atoms with van der Waals surface area (Å²) < 4.78 is 7.35. The van der Waals surface area contributed by atoms with Gasteiger partial charge < -0.3 is 19.7 Å². The van der Waals surface area contributed by atoms with Gasteiger partial charge in [0.25, 0.3) is 0 Å². The summed E-state index contributed by atoms with van der Waals surface area (Å²) >= 11 is 0. The number of rotatable bonds is 8. The van der Waals surface area contributed by atoms with E-state index in [1.165, 1.54) is 0 Å². The summed E-state index contributed by atoms with van der Waals surface area (Å²) in [6.45, 7) is 9.24. The first-order valence-electron chi connectivity index (χ1n) is 10.8. The molecule has 0 aliphatic carbocycles. The van der Waals surface area contributed by atoms with Crippen LogP contribution in [0.15, 0.2) is 24.3 Å². The smallest absolute Gasteiger partial charge is 0.217 e. The van der Waals surface area contributed by atoms with E-state index in [0.29, 0.717) is 11.7 Å². The number of nitrogens with one attached hydrogen (secondary N) is 1. The van der Waals surface area contributed by atoms with Gasteiger partial charge in [0.2, 0.25) is 5.91 Å². The van der Waals surface area contributed by atoms with Crippen LogP contribution in [0.2, 0.25) is 0 Å². The van der Waals surface area contributed by atoms with Crippen LogP contribution in [0.5, 0.6) is 11.5 Å². The summed E-state index contributed by atoms with van der Waals surface area (Å²) in [4.78, 5) is 14.1. The van der Waals surface area contributed by atoms with E-state index in [1.807, 2.05) is 18.2 Å². The number of fused-ring (bicyclic) bond motifs is 1. The number of carbonyl (C=O) groups is 1. The van der Waals surface area contributed by atoms with Gasteiger partial charge in [-0.3, -0.25) is 9.69 Å². The van der Waals surface area contributed by atoms with Crippen LogP contribution in [0.1, 0.15) is 50.4 Å². The molecule has 0 fully saturated rings. The van der Waals surface area contributed by atoms with Crippen molar-refractivity contribution in [3.63, 3.8) is 0 Å². The van der Waals surface area contributed by atoms with E-state index in [2.05, 4.69) is 44.9 Å². The van der Waals surface area contributed by atoms with Gasteiger partial charge in [-0.25, -0.2) is 0 Å². The molecule has 1 aromatic heterocycles. The highest BCUT2D eigenvalue weighted by molar-refractivity contribution is 5.73. The SMILES string of the molecule is COc1cc(/C=C/CN2CCc3nnc(C(CC(C)C)NC(C)=O)n3CC2)ccc1O. The van der Waals surface area contributed by atoms with Crippen LogP contribution >= 0.6 is 0 Å². The third-order valence-corrected chi connectivity index (χ3v) is 5.42. The summed E-state index contributed by atoms with van der Waals surface area (Å²) in [5, 5.41) is 21.6. The average Bonchev–Trinajstić information content (AvgIpc) is 3.02. The standard InChI is InChI=1S/C23H33N5O3/c1-16(2)14-19(24-17(3)29)23-26-25-22-9-11-27(12-13-28(22)23)10-5-6-18-7-8-20(30)21(15-18)31-4/h5-8,15-16,19,30H,9-14H2,1-4H3,(H,24,29)/b6-5+. The zero-order chi connectivity index (χ0) is 22.4. The maximum atomic E-state index is 11.7. The fourth-order valence-electron chi connectivity index (χ4n) is 3.91. The Morgan fingerprint density at radius 1 is 1.29 bits per heavy atom. The summed E-state index contributed by atoms with van der Waals surface area (Å²) in [6, 6.07) is 5.20. The lowest BCUT2D eigenvalue weighted by atomic mass is 10.0. The zero-order valence-corrected chi connectivity index (χ0v) is 18.8. The van der Waals surface area contributed by atoms with Crippen molar-refractivity contribution in [2.75, 3.05) is 26.7 Å². The van der Waals surface area contributed by atoms with Crippen molar-refractivity contribution in [1.82, 2.24) is 25.0 Å². The number of nitrogens with zero attached hydrogens (tertiary/aromatic N) is 4. The van der Waals surface area contributed by atoms with Crippen molar-refractivity contribution in [1.29, 1.82) is 0 Å². The van der Waals surface area contributed by atoms with Gasteiger partial charge in [0.1, 0.15) is 5.82 Å². The number of ether oxygens (including phenoxy) is 1. The van der Waals surface area contributed by atoms with Crippen LogP contribution in [0.25, 0.3) is 6.08 Å². The lowest BCUT2D eigenvalue weighted by Crippen LogP contribution is -2.31. The van der Waals surface area contributed by atoms with Crippen molar-refractivity contribution in [2.24, 2.45) is 5.92 Å². The van der Waals surface area contributed by atoms with Crippen LogP contribution in [0.3, 0.4) is 0 Å². The molecule has 8 nitrogen and oxygen atoms in total. The highest BCUT2D eigenvalue weighted by Crippen LogP contribution is 2.27. The Kier molecular flexibility index (Phi) is 7.68. The lowest BCUT2D eigenvalue weighted by molar-refractivity contribution is -0.119. The van der Waals surface area contributed by atoms with Gasteiger partial charge in [-0.2, -0.15) is 0 Å². The van der Waals surface area contributed by atoms with Crippen molar-refractivity contribution in [2.45, 2.75) is 46.2 Å². The summed E-state index contributed by atoms with van der Waals surface area (Å²) in [5.41, 5.74) is 0.982. The molecule has 168 valence electrons. The second kappa shape index (κ2) is 10.4.